The number of carbonyl (C=O) groups excluding carboxylic acids is 2. The summed E-state index contributed by atoms with van der Waals surface area (Å²) in [6, 6.07) is -0.395. The molecule has 1 aliphatic rings. The van der Waals surface area contributed by atoms with E-state index < -0.39 is 18.8 Å². The highest BCUT2D eigenvalue weighted by atomic mass is 19.4. The maximum Gasteiger partial charge on any atom is 0.411 e. The zero-order valence-corrected chi connectivity index (χ0v) is 10.6. The molecule has 1 heterocycles. The van der Waals surface area contributed by atoms with E-state index >= 15 is 0 Å². The standard InChI is InChI=1S/C11H17F3N2O3/c1-2-8-10(18)16(9(17)6-15-8)4-3-5-19-7-11(12,13)14/h8,15H,2-7H2,1H3. The van der Waals surface area contributed by atoms with E-state index in [4.69, 9.17) is 0 Å². The van der Waals surface area contributed by atoms with Crippen LogP contribution in [0.5, 0.6) is 0 Å². The number of piperazine rings is 1. The van der Waals surface area contributed by atoms with Crippen LogP contribution in [0.25, 0.3) is 0 Å². The Kier molecular flexibility index (Phi) is 5.74. The predicted molar refractivity (Wildman–Crippen MR) is 60.3 cm³/mol. The summed E-state index contributed by atoms with van der Waals surface area (Å²) in [5.41, 5.74) is 0. The van der Waals surface area contributed by atoms with Crippen molar-refractivity contribution in [3.05, 3.63) is 0 Å². The number of amides is 2. The molecule has 0 spiro atoms. The number of halogens is 3. The summed E-state index contributed by atoms with van der Waals surface area (Å²) in [4.78, 5) is 24.4. The van der Waals surface area contributed by atoms with E-state index in [0.29, 0.717) is 6.42 Å². The lowest BCUT2D eigenvalue weighted by atomic mass is 10.1. The Morgan fingerprint density at radius 3 is 2.68 bits per heavy atom. The van der Waals surface area contributed by atoms with E-state index in [9.17, 15) is 22.8 Å². The van der Waals surface area contributed by atoms with Crippen molar-refractivity contribution in [2.45, 2.75) is 32.0 Å². The second kappa shape index (κ2) is 6.85. The van der Waals surface area contributed by atoms with E-state index in [1.165, 1.54) is 0 Å². The zero-order valence-electron chi connectivity index (χ0n) is 10.6. The first-order chi connectivity index (χ1) is 8.85. The number of carbonyl (C=O) groups is 2. The summed E-state index contributed by atoms with van der Waals surface area (Å²) in [5, 5.41) is 2.80. The lowest BCUT2D eigenvalue weighted by molar-refractivity contribution is -0.174. The molecular formula is C11H17F3N2O3. The molecule has 19 heavy (non-hydrogen) atoms. The smallest absolute Gasteiger partial charge is 0.372 e. The molecule has 0 bridgehead atoms. The van der Waals surface area contributed by atoms with E-state index in [1.54, 1.807) is 0 Å². The van der Waals surface area contributed by atoms with Crippen LogP contribution in [-0.2, 0) is 14.3 Å². The van der Waals surface area contributed by atoms with Gasteiger partial charge >= 0.3 is 6.18 Å². The highest BCUT2D eigenvalue weighted by Gasteiger charge is 2.32. The molecule has 2 amide bonds. The van der Waals surface area contributed by atoms with Gasteiger partial charge in [0.25, 0.3) is 0 Å². The van der Waals surface area contributed by atoms with Crippen LogP contribution < -0.4 is 5.32 Å². The lowest BCUT2D eigenvalue weighted by Crippen LogP contribution is -2.58. The number of nitrogens with one attached hydrogen (secondary N) is 1. The average Bonchev–Trinajstić information content (AvgIpc) is 2.31. The molecule has 0 aromatic carbocycles. The molecule has 0 aromatic heterocycles. The van der Waals surface area contributed by atoms with Gasteiger partial charge in [0.15, 0.2) is 0 Å². The summed E-state index contributed by atoms with van der Waals surface area (Å²) in [6.07, 6.45) is -3.59. The van der Waals surface area contributed by atoms with Crippen molar-refractivity contribution < 1.29 is 27.5 Å². The Bertz CT molecular complexity index is 334. The fraction of sp³-hybridized carbons (Fsp3) is 0.818. The molecule has 1 fully saturated rings. The predicted octanol–water partition coefficient (Wildman–Crippen LogP) is 0.692. The van der Waals surface area contributed by atoms with E-state index in [0.717, 1.165) is 4.90 Å². The van der Waals surface area contributed by atoms with Gasteiger partial charge in [0.2, 0.25) is 11.8 Å². The average molecular weight is 282 g/mol. The van der Waals surface area contributed by atoms with Crippen molar-refractivity contribution in [1.82, 2.24) is 10.2 Å². The number of hydrogen-bond acceptors (Lipinski definition) is 4. The fourth-order valence-corrected chi connectivity index (χ4v) is 1.77. The zero-order chi connectivity index (χ0) is 14.5. The van der Waals surface area contributed by atoms with Gasteiger partial charge in [0, 0.05) is 13.2 Å². The molecule has 1 rings (SSSR count). The first-order valence-electron chi connectivity index (χ1n) is 6.07. The van der Waals surface area contributed by atoms with Crippen LogP contribution in [0.3, 0.4) is 0 Å². The molecule has 0 aliphatic carbocycles. The summed E-state index contributed by atoms with van der Waals surface area (Å²) >= 11 is 0. The molecule has 5 nitrogen and oxygen atoms in total. The summed E-state index contributed by atoms with van der Waals surface area (Å²) in [6.45, 7) is 0.534. The number of rotatable bonds is 6. The molecule has 0 aromatic rings. The van der Waals surface area contributed by atoms with Crippen molar-refractivity contribution in [2.24, 2.45) is 0 Å². The molecule has 0 saturated carbocycles. The van der Waals surface area contributed by atoms with Crippen molar-refractivity contribution in [3.8, 4) is 0 Å². The van der Waals surface area contributed by atoms with Gasteiger partial charge in [-0.2, -0.15) is 13.2 Å². The Balaban J connectivity index is 2.30. The minimum absolute atomic E-state index is 0.0770. The van der Waals surface area contributed by atoms with Crippen molar-refractivity contribution in [1.29, 1.82) is 0 Å². The Hall–Kier alpha value is -1.15. The Morgan fingerprint density at radius 1 is 1.42 bits per heavy atom. The lowest BCUT2D eigenvalue weighted by Gasteiger charge is -2.31. The topological polar surface area (TPSA) is 58.6 Å². The third-order valence-corrected chi connectivity index (χ3v) is 2.71. The third-order valence-electron chi connectivity index (χ3n) is 2.71. The Labute approximate surface area is 109 Å². The van der Waals surface area contributed by atoms with Gasteiger partial charge in [0.05, 0.1) is 12.6 Å². The highest BCUT2D eigenvalue weighted by Crippen LogP contribution is 2.14. The molecule has 1 saturated heterocycles. The van der Waals surface area contributed by atoms with Crippen LogP contribution in [0.15, 0.2) is 0 Å². The van der Waals surface area contributed by atoms with Crippen molar-refractivity contribution in [2.75, 3.05) is 26.3 Å². The Morgan fingerprint density at radius 2 is 2.11 bits per heavy atom. The molecule has 110 valence electrons. The minimum Gasteiger partial charge on any atom is -0.372 e. The number of ether oxygens (including phenoxy) is 1. The van der Waals surface area contributed by atoms with Crippen molar-refractivity contribution in [3.63, 3.8) is 0 Å². The van der Waals surface area contributed by atoms with Crippen LogP contribution in [0.4, 0.5) is 13.2 Å². The molecule has 0 radical (unpaired) electrons. The van der Waals surface area contributed by atoms with Gasteiger partial charge in [-0.1, -0.05) is 6.92 Å². The van der Waals surface area contributed by atoms with Gasteiger partial charge < -0.3 is 4.74 Å². The van der Waals surface area contributed by atoms with Crippen LogP contribution in [0.2, 0.25) is 0 Å². The maximum atomic E-state index is 11.8. The highest BCUT2D eigenvalue weighted by molar-refractivity contribution is 6.01. The normalized spacial score (nSPS) is 21.1. The summed E-state index contributed by atoms with van der Waals surface area (Å²) in [5.74, 6) is -0.680. The summed E-state index contributed by atoms with van der Waals surface area (Å²) in [7, 11) is 0. The maximum absolute atomic E-state index is 11.8. The van der Waals surface area contributed by atoms with Crippen LogP contribution in [0.1, 0.15) is 19.8 Å². The number of hydrogen-bond donors (Lipinski definition) is 1. The van der Waals surface area contributed by atoms with Gasteiger partial charge in [-0.05, 0) is 12.8 Å². The molecular weight excluding hydrogens is 265 g/mol. The quantitative estimate of drug-likeness (QED) is 0.575. The minimum atomic E-state index is -4.35. The second-order valence-corrected chi connectivity index (χ2v) is 4.25. The first-order valence-corrected chi connectivity index (χ1v) is 6.07. The van der Waals surface area contributed by atoms with E-state index in [2.05, 4.69) is 10.1 Å². The molecule has 1 N–H and O–H groups in total. The third kappa shape index (κ3) is 5.15. The molecule has 1 aliphatic heterocycles. The van der Waals surface area contributed by atoms with Crippen LogP contribution in [0, 0.1) is 0 Å². The number of nitrogens with zero attached hydrogens (tertiary/aromatic N) is 1. The van der Waals surface area contributed by atoms with Gasteiger partial charge in [-0.3, -0.25) is 19.8 Å². The SMILES string of the molecule is CCC1NCC(=O)N(CCCOCC(F)(F)F)C1=O. The largest absolute Gasteiger partial charge is 0.411 e. The summed E-state index contributed by atoms with van der Waals surface area (Å²) < 4.78 is 39.8. The number of alkyl halides is 3. The molecule has 8 heteroatoms. The van der Waals surface area contributed by atoms with E-state index in [1.807, 2.05) is 6.92 Å². The van der Waals surface area contributed by atoms with Crippen LogP contribution in [-0.4, -0.2) is 55.2 Å². The number of imide groups is 1. The van der Waals surface area contributed by atoms with Crippen LogP contribution >= 0.6 is 0 Å². The van der Waals surface area contributed by atoms with Gasteiger partial charge in [-0.25, -0.2) is 0 Å². The fourth-order valence-electron chi connectivity index (χ4n) is 1.77. The van der Waals surface area contributed by atoms with E-state index in [-0.39, 0.29) is 37.9 Å². The van der Waals surface area contributed by atoms with Gasteiger partial charge in [0.1, 0.15) is 6.61 Å². The first kappa shape index (κ1) is 15.9. The second-order valence-electron chi connectivity index (χ2n) is 4.25. The van der Waals surface area contributed by atoms with Gasteiger partial charge in [-0.15, -0.1) is 0 Å². The molecule has 1 unspecified atom stereocenters. The monoisotopic (exact) mass is 282 g/mol. The molecule has 1 atom stereocenters. The van der Waals surface area contributed by atoms with Crippen molar-refractivity contribution >= 4 is 11.8 Å².